The summed E-state index contributed by atoms with van der Waals surface area (Å²) in [7, 11) is 0. The van der Waals surface area contributed by atoms with Gasteiger partial charge in [0.05, 0.1) is 18.2 Å². The molecule has 0 radical (unpaired) electrons. The summed E-state index contributed by atoms with van der Waals surface area (Å²) in [6.07, 6.45) is 3.81. The van der Waals surface area contributed by atoms with Gasteiger partial charge in [-0.1, -0.05) is 17.8 Å². The summed E-state index contributed by atoms with van der Waals surface area (Å²) in [6.45, 7) is 3.86. The lowest BCUT2D eigenvalue weighted by Crippen LogP contribution is -2.34. The van der Waals surface area contributed by atoms with Gasteiger partial charge < -0.3 is 10.2 Å². The van der Waals surface area contributed by atoms with Gasteiger partial charge in [0, 0.05) is 24.5 Å². The number of hydrogen-bond acceptors (Lipinski definition) is 5. The van der Waals surface area contributed by atoms with E-state index in [2.05, 4.69) is 25.6 Å². The Bertz CT molecular complexity index is 711. The van der Waals surface area contributed by atoms with Gasteiger partial charge in [0.25, 0.3) is 0 Å². The van der Waals surface area contributed by atoms with Crippen LogP contribution in [0.2, 0.25) is 0 Å². The summed E-state index contributed by atoms with van der Waals surface area (Å²) in [5.41, 5.74) is 3.06. The summed E-state index contributed by atoms with van der Waals surface area (Å²) >= 11 is 1.63. The maximum atomic E-state index is 12.6. The van der Waals surface area contributed by atoms with Crippen LogP contribution in [-0.4, -0.2) is 34.0 Å². The molecule has 5 nitrogen and oxygen atoms in total. The number of fused-ring (bicyclic) bond motifs is 1. The molecule has 3 heterocycles. The molecule has 1 aliphatic carbocycles. The largest absolute Gasteiger partial charge is 0.347 e. The Kier molecular flexibility index (Phi) is 4.31. The minimum absolute atomic E-state index is 0.0431. The number of rotatable bonds is 5. The summed E-state index contributed by atoms with van der Waals surface area (Å²) in [6, 6.07) is 6.08. The molecule has 4 rings (SSSR count). The monoisotopic (exact) mass is 342 g/mol. The van der Waals surface area contributed by atoms with Crippen molar-refractivity contribution in [1.82, 2.24) is 15.2 Å². The number of aromatic nitrogens is 1. The molecule has 1 amide bonds. The second-order valence-corrected chi connectivity index (χ2v) is 7.50. The maximum Gasteiger partial charge on any atom is 0.226 e. The molecule has 1 fully saturated rings. The van der Waals surface area contributed by atoms with E-state index < -0.39 is 0 Å². The van der Waals surface area contributed by atoms with Crippen LogP contribution in [0.25, 0.3) is 0 Å². The normalized spacial score (nSPS) is 21.0. The molecule has 3 aliphatic rings. The van der Waals surface area contributed by atoms with Crippen LogP contribution in [0.5, 0.6) is 0 Å². The molecular formula is C18H22N4OS. The summed E-state index contributed by atoms with van der Waals surface area (Å²) in [5, 5.41) is 6.34. The molecule has 0 saturated heterocycles. The molecule has 1 saturated carbocycles. The number of aliphatic imine (C=N–C) groups is 1. The fourth-order valence-electron chi connectivity index (χ4n) is 3.26. The van der Waals surface area contributed by atoms with Gasteiger partial charge in [-0.15, -0.1) is 0 Å². The fraction of sp³-hybridized carbons (Fsp3) is 0.500. The molecule has 0 aromatic carbocycles. The van der Waals surface area contributed by atoms with Crippen LogP contribution < -0.4 is 5.32 Å². The first-order valence-electron chi connectivity index (χ1n) is 8.61. The van der Waals surface area contributed by atoms with E-state index in [0.717, 1.165) is 41.8 Å². The molecule has 1 aromatic heterocycles. The highest BCUT2D eigenvalue weighted by Gasteiger charge is 2.35. The van der Waals surface area contributed by atoms with Crippen LogP contribution in [0.1, 0.15) is 43.1 Å². The molecular weight excluding hydrogens is 320 g/mol. The van der Waals surface area contributed by atoms with Crippen molar-refractivity contribution >= 4 is 22.8 Å². The first-order chi connectivity index (χ1) is 11.7. The fourth-order valence-corrected chi connectivity index (χ4v) is 4.22. The van der Waals surface area contributed by atoms with Crippen LogP contribution in [0.4, 0.5) is 0 Å². The van der Waals surface area contributed by atoms with Crippen LogP contribution in [-0.2, 0) is 4.79 Å². The molecule has 1 N–H and O–H groups in total. The number of nitrogens with one attached hydrogen (secondary N) is 1. The summed E-state index contributed by atoms with van der Waals surface area (Å²) < 4.78 is 0. The topological polar surface area (TPSA) is 57.6 Å². The number of amides is 1. The van der Waals surface area contributed by atoms with Crippen molar-refractivity contribution < 1.29 is 4.79 Å². The van der Waals surface area contributed by atoms with Crippen molar-refractivity contribution in [2.45, 2.75) is 38.6 Å². The van der Waals surface area contributed by atoms with E-state index in [1.165, 1.54) is 12.8 Å². The molecule has 0 spiro atoms. The molecule has 6 heteroatoms. The Hall–Kier alpha value is -1.82. The SMILES string of the molecule is Cc1cccc(C(NC(=O)CC2=CSC3=NCCCN23)C2CC2)n1. The van der Waals surface area contributed by atoms with Crippen LogP contribution in [0.15, 0.2) is 34.3 Å². The minimum Gasteiger partial charge on any atom is -0.347 e. The predicted molar refractivity (Wildman–Crippen MR) is 96.5 cm³/mol. The van der Waals surface area contributed by atoms with E-state index in [0.29, 0.717) is 12.3 Å². The van der Waals surface area contributed by atoms with E-state index in [-0.39, 0.29) is 11.9 Å². The van der Waals surface area contributed by atoms with Crippen LogP contribution >= 0.6 is 11.8 Å². The zero-order valence-electron chi connectivity index (χ0n) is 13.9. The molecule has 24 heavy (non-hydrogen) atoms. The number of carbonyl (C=O) groups is 1. The Morgan fingerprint density at radius 2 is 2.33 bits per heavy atom. The molecule has 1 aromatic rings. The summed E-state index contributed by atoms with van der Waals surface area (Å²) in [5.74, 6) is 0.608. The molecule has 1 unspecified atom stereocenters. The third-order valence-corrected chi connectivity index (χ3v) is 5.60. The number of thioether (sulfide) groups is 1. The second-order valence-electron chi connectivity index (χ2n) is 6.66. The van der Waals surface area contributed by atoms with E-state index in [1.54, 1.807) is 11.8 Å². The molecule has 126 valence electrons. The van der Waals surface area contributed by atoms with E-state index in [4.69, 9.17) is 0 Å². The third kappa shape index (κ3) is 3.34. The third-order valence-electron chi connectivity index (χ3n) is 4.64. The number of amidine groups is 1. The Balaban J connectivity index is 1.43. The Morgan fingerprint density at radius 3 is 3.12 bits per heavy atom. The minimum atomic E-state index is 0.0431. The van der Waals surface area contributed by atoms with Crippen molar-refractivity contribution in [2.75, 3.05) is 13.1 Å². The number of nitrogens with zero attached hydrogens (tertiary/aromatic N) is 3. The standard InChI is InChI=1S/C18H22N4OS/c1-12-4-2-5-15(20-12)17(13-6-7-13)21-16(23)10-14-11-24-18-19-8-3-9-22(14)18/h2,4-5,11,13,17H,3,6-10H2,1H3,(H,21,23). The number of carbonyl (C=O) groups excluding carboxylic acids is 1. The van der Waals surface area contributed by atoms with Gasteiger partial charge in [-0.25, -0.2) is 0 Å². The number of pyridine rings is 1. The summed E-state index contributed by atoms with van der Waals surface area (Å²) in [4.78, 5) is 23.9. The lowest BCUT2D eigenvalue weighted by atomic mass is 10.1. The van der Waals surface area contributed by atoms with Gasteiger partial charge in [-0.05, 0) is 49.6 Å². The predicted octanol–water partition coefficient (Wildman–Crippen LogP) is 3.00. The van der Waals surface area contributed by atoms with E-state index >= 15 is 0 Å². The average molecular weight is 342 g/mol. The second kappa shape index (κ2) is 6.59. The highest BCUT2D eigenvalue weighted by atomic mass is 32.2. The van der Waals surface area contributed by atoms with Gasteiger partial charge in [0.15, 0.2) is 5.17 Å². The first-order valence-corrected chi connectivity index (χ1v) is 9.49. The van der Waals surface area contributed by atoms with Gasteiger partial charge in [-0.2, -0.15) is 0 Å². The first kappa shape index (κ1) is 15.7. The van der Waals surface area contributed by atoms with Gasteiger partial charge >= 0.3 is 0 Å². The molecule has 2 aliphatic heterocycles. The number of aryl methyl sites for hydroxylation is 1. The quantitative estimate of drug-likeness (QED) is 0.894. The lowest BCUT2D eigenvalue weighted by molar-refractivity contribution is -0.121. The van der Waals surface area contributed by atoms with Crippen molar-refractivity contribution in [3.8, 4) is 0 Å². The van der Waals surface area contributed by atoms with Crippen molar-refractivity contribution in [3.05, 3.63) is 40.7 Å². The highest BCUT2D eigenvalue weighted by molar-refractivity contribution is 8.16. The van der Waals surface area contributed by atoms with Crippen molar-refractivity contribution in [1.29, 1.82) is 0 Å². The van der Waals surface area contributed by atoms with Crippen LogP contribution in [0, 0.1) is 12.8 Å². The van der Waals surface area contributed by atoms with E-state index in [1.807, 2.05) is 25.1 Å². The lowest BCUT2D eigenvalue weighted by Gasteiger charge is -2.25. The van der Waals surface area contributed by atoms with Crippen molar-refractivity contribution in [2.24, 2.45) is 10.9 Å². The van der Waals surface area contributed by atoms with Gasteiger partial charge in [-0.3, -0.25) is 14.8 Å². The molecule has 0 bridgehead atoms. The average Bonchev–Trinajstić information content (AvgIpc) is 3.35. The maximum absolute atomic E-state index is 12.6. The smallest absolute Gasteiger partial charge is 0.226 e. The van der Waals surface area contributed by atoms with Crippen LogP contribution in [0.3, 0.4) is 0 Å². The zero-order chi connectivity index (χ0) is 16.5. The molecule has 1 atom stereocenters. The van der Waals surface area contributed by atoms with E-state index in [9.17, 15) is 4.79 Å². The Labute approximate surface area is 146 Å². The Morgan fingerprint density at radius 1 is 1.46 bits per heavy atom. The zero-order valence-corrected chi connectivity index (χ0v) is 14.7. The number of hydrogen-bond donors (Lipinski definition) is 1. The van der Waals surface area contributed by atoms with Gasteiger partial charge in [0.1, 0.15) is 0 Å². The van der Waals surface area contributed by atoms with Gasteiger partial charge in [0.2, 0.25) is 5.91 Å². The van der Waals surface area contributed by atoms with Crippen molar-refractivity contribution in [3.63, 3.8) is 0 Å². The highest BCUT2D eigenvalue weighted by Crippen LogP contribution is 2.40.